The Morgan fingerprint density at radius 3 is 2.21 bits per heavy atom. The molecule has 1 aliphatic rings. The van der Waals surface area contributed by atoms with Gasteiger partial charge in [0.2, 0.25) is 0 Å². The van der Waals surface area contributed by atoms with E-state index in [1.54, 1.807) is 0 Å². The standard InChI is InChI=1S/C17H33IO/c1-3-5-6-7-8-9-14-19-17(15-18)12-10-16(4-2)11-13-17/h16H,3-15H2,1-2H3. The summed E-state index contributed by atoms with van der Waals surface area (Å²) in [6.45, 7) is 5.60. The van der Waals surface area contributed by atoms with Crippen LogP contribution in [0.4, 0.5) is 0 Å². The Kier molecular flexibility index (Phi) is 9.73. The van der Waals surface area contributed by atoms with Gasteiger partial charge in [-0.2, -0.15) is 0 Å². The largest absolute Gasteiger partial charge is 0.374 e. The number of alkyl halides is 1. The molecule has 1 nitrogen and oxygen atoms in total. The van der Waals surface area contributed by atoms with E-state index in [4.69, 9.17) is 4.74 Å². The van der Waals surface area contributed by atoms with Gasteiger partial charge in [-0.25, -0.2) is 0 Å². The van der Waals surface area contributed by atoms with Crippen LogP contribution in [0.25, 0.3) is 0 Å². The molecule has 1 saturated carbocycles. The molecule has 19 heavy (non-hydrogen) atoms. The lowest BCUT2D eigenvalue weighted by Gasteiger charge is -2.39. The highest BCUT2D eigenvalue weighted by Gasteiger charge is 2.34. The van der Waals surface area contributed by atoms with Crippen LogP contribution in [0, 0.1) is 5.92 Å². The van der Waals surface area contributed by atoms with Crippen molar-refractivity contribution in [2.45, 2.75) is 90.1 Å². The Labute approximate surface area is 134 Å². The SMILES string of the molecule is CCCCCCCCOC1(CI)CCC(CC)CC1. The molecule has 0 heterocycles. The van der Waals surface area contributed by atoms with Gasteiger partial charge in [0.25, 0.3) is 0 Å². The van der Waals surface area contributed by atoms with Gasteiger partial charge in [0, 0.05) is 11.0 Å². The minimum Gasteiger partial charge on any atom is -0.374 e. The minimum absolute atomic E-state index is 0.232. The highest BCUT2D eigenvalue weighted by Crippen LogP contribution is 2.37. The molecular weight excluding hydrogens is 347 g/mol. The van der Waals surface area contributed by atoms with E-state index in [0.29, 0.717) is 0 Å². The first kappa shape index (κ1) is 17.7. The first-order valence-electron chi connectivity index (χ1n) is 8.46. The summed E-state index contributed by atoms with van der Waals surface area (Å²) in [6.07, 6.45) is 14.9. The highest BCUT2D eigenvalue weighted by molar-refractivity contribution is 14.1. The normalized spacial score (nSPS) is 27.6. The van der Waals surface area contributed by atoms with Crippen molar-refractivity contribution >= 4 is 22.6 Å². The molecule has 0 aliphatic heterocycles. The fourth-order valence-electron chi connectivity index (χ4n) is 3.10. The molecule has 0 amide bonds. The topological polar surface area (TPSA) is 9.23 Å². The second kappa shape index (κ2) is 10.4. The zero-order chi connectivity index (χ0) is 14.0. The van der Waals surface area contributed by atoms with Crippen LogP contribution in [0.2, 0.25) is 0 Å². The van der Waals surface area contributed by atoms with Crippen LogP contribution in [0.15, 0.2) is 0 Å². The summed E-state index contributed by atoms with van der Waals surface area (Å²) in [5.41, 5.74) is 0.232. The van der Waals surface area contributed by atoms with Gasteiger partial charge in [-0.15, -0.1) is 0 Å². The van der Waals surface area contributed by atoms with Crippen molar-refractivity contribution in [3.63, 3.8) is 0 Å². The Balaban J connectivity index is 2.11. The Morgan fingerprint density at radius 2 is 1.63 bits per heavy atom. The molecule has 1 rings (SSSR count). The zero-order valence-electron chi connectivity index (χ0n) is 13.1. The third-order valence-corrected chi connectivity index (χ3v) is 6.13. The quantitative estimate of drug-likeness (QED) is 0.251. The molecule has 114 valence electrons. The monoisotopic (exact) mass is 380 g/mol. The highest BCUT2D eigenvalue weighted by atomic mass is 127. The number of unbranched alkanes of at least 4 members (excludes halogenated alkanes) is 5. The Hall–Kier alpha value is 0.690. The third-order valence-electron chi connectivity index (χ3n) is 4.74. The van der Waals surface area contributed by atoms with Gasteiger partial charge in [0.1, 0.15) is 0 Å². The second-order valence-electron chi connectivity index (χ2n) is 6.28. The van der Waals surface area contributed by atoms with Gasteiger partial charge in [0.15, 0.2) is 0 Å². The van der Waals surface area contributed by atoms with Crippen molar-refractivity contribution in [1.82, 2.24) is 0 Å². The lowest BCUT2D eigenvalue weighted by Crippen LogP contribution is -2.39. The molecule has 0 saturated heterocycles. The van der Waals surface area contributed by atoms with Crippen molar-refractivity contribution in [3.05, 3.63) is 0 Å². The van der Waals surface area contributed by atoms with Crippen LogP contribution in [-0.2, 0) is 4.74 Å². The van der Waals surface area contributed by atoms with Crippen molar-refractivity contribution in [1.29, 1.82) is 0 Å². The van der Waals surface area contributed by atoms with E-state index in [-0.39, 0.29) is 5.60 Å². The summed E-state index contributed by atoms with van der Waals surface area (Å²) in [6, 6.07) is 0. The van der Waals surface area contributed by atoms with Crippen LogP contribution < -0.4 is 0 Å². The van der Waals surface area contributed by atoms with E-state index in [9.17, 15) is 0 Å². The molecule has 0 aromatic rings. The Bertz CT molecular complexity index is 209. The van der Waals surface area contributed by atoms with Crippen LogP contribution in [-0.4, -0.2) is 16.6 Å². The van der Waals surface area contributed by atoms with E-state index < -0.39 is 0 Å². The van der Waals surface area contributed by atoms with Gasteiger partial charge >= 0.3 is 0 Å². The maximum Gasteiger partial charge on any atom is 0.0771 e. The fourth-order valence-corrected chi connectivity index (χ4v) is 4.08. The number of ether oxygens (including phenoxy) is 1. The van der Waals surface area contributed by atoms with Gasteiger partial charge in [-0.05, 0) is 38.0 Å². The summed E-state index contributed by atoms with van der Waals surface area (Å²) in [7, 11) is 0. The number of rotatable bonds is 10. The molecule has 0 spiro atoms. The molecule has 0 unspecified atom stereocenters. The molecule has 2 heteroatoms. The van der Waals surface area contributed by atoms with Gasteiger partial charge in [-0.1, -0.05) is 75.0 Å². The summed E-state index contributed by atoms with van der Waals surface area (Å²) in [5, 5.41) is 0. The van der Waals surface area contributed by atoms with Crippen LogP contribution >= 0.6 is 22.6 Å². The van der Waals surface area contributed by atoms with Crippen LogP contribution in [0.3, 0.4) is 0 Å². The van der Waals surface area contributed by atoms with Crippen LogP contribution in [0.5, 0.6) is 0 Å². The molecule has 0 radical (unpaired) electrons. The molecule has 0 atom stereocenters. The van der Waals surface area contributed by atoms with Gasteiger partial charge < -0.3 is 4.74 Å². The fraction of sp³-hybridized carbons (Fsp3) is 1.00. The summed E-state index contributed by atoms with van der Waals surface area (Å²) < 4.78 is 7.49. The lowest BCUT2D eigenvalue weighted by molar-refractivity contribution is -0.0602. The summed E-state index contributed by atoms with van der Waals surface area (Å²) >= 11 is 2.53. The summed E-state index contributed by atoms with van der Waals surface area (Å²) in [4.78, 5) is 0. The molecule has 1 fully saturated rings. The van der Waals surface area contributed by atoms with Crippen molar-refractivity contribution in [3.8, 4) is 0 Å². The molecule has 1 aliphatic carbocycles. The van der Waals surface area contributed by atoms with Gasteiger partial charge in [0.05, 0.1) is 5.60 Å². The van der Waals surface area contributed by atoms with E-state index in [1.807, 2.05) is 0 Å². The van der Waals surface area contributed by atoms with Crippen molar-refractivity contribution < 1.29 is 4.74 Å². The zero-order valence-corrected chi connectivity index (χ0v) is 15.2. The first-order chi connectivity index (χ1) is 9.26. The van der Waals surface area contributed by atoms with E-state index in [2.05, 4.69) is 36.4 Å². The van der Waals surface area contributed by atoms with Crippen molar-refractivity contribution in [2.75, 3.05) is 11.0 Å². The number of hydrogen-bond acceptors (Lipinski definition) is 1. The summed E-state index contributed by atoms with van der Waals surface area (Å²) in [5.74, 6) is 0.966. The Morgan fingerprint density at radius 1 is 1.00 bits per heavy atom. The number of halogens is 1. The molecule has 0 aromatic carbocycles. The van der Waals surface area contributed by atoms with Crippen LogP contribution in [0.1, 0.15) is 84.5 Å². The average Bonchev–Trinajstić information content (AvgIpc) is 2.47. The van der Waals surface area contributed by atoms with Crippen molar-refractivity contribution in [2.24, 2.45) is 5.92 Å². The average molecular weight is 380 g/mol. The maximum atomic E-state index is 6.31. The molecule has 0 bridgehead atoms. The maximum absolute atomic E-state index is 6.31. The minimum atomic E-state index is 0.232. The van der Waals surface area contributed by atoms with Gasteiger partial charge in [-0.3, -0.25) is 0 Å². The van der Waals surface area contributed by atoms with E-state index in [0.717, 1.165) is 12.5 Å². The van der Waals surface area contributed by atoms with E-state index >= 15 is 0 Å². The first-order valence-corrected chi connectivity index (χ1v) is 9.99. The lowest BCUT2D eigenvalue weighted by atomic mass is 9.79. The predicted octanol–water partition coefficient (Wildman–Crippen LogP) is 6.14. The third kappa shape index (κ3) is 6.79. The predicted molar refractivity (Wildman–Crippen MR) is 93.2 cm³/mol. The van der Waals surface area contributed by atoms with E-state index in [1.165, 1.54) is 75.1 Å². The molecule has 0 aromatic heterocycles. The molecule has 0 N–H and O–H groups in total. The second-order valence-corrected chi connectivity index (χ2v) is 7.05. The molecular formula is C17H33IO. The smallest absolute Gasteiger partial charge is 0.0771 e. The number of hydrogen-bond donors (Lipinski definition) is 0.